The zero-order valence-corrected chi connectivity index (χ0v) is 7.55. The Labute approximate surface area is 73.8 Å². The molecule has 3 nitrogen and oxygen atoms in total. The number of hydrogen-bond donors (Lipinski definition) is 3. The minimum Gasteiger partial charge on any atom is -0.397 e. The van der Waals surface area contributed by atoms with Crippen molar-refractivity contribution in [2.45, 2.75) is 0 Å². The van der Waals surface area contributed by atoms with Gasteiger partial charge in [0.25, 0.3) is 0 Å². The average Bonchev–Trinajstić information content (AvgIpc) is 1.83. The second kappa shape index (κ2) is 3.47. The summed E-state index contributed by atoms with van der Waals surface area (Å²) in [6.07, 6.45) is 0. The van der Waals surface area contributed by atoms with Crippen LogP contribution in [0.5, 0.6) is 0 Å². The molecule has 10 heavy (non-hydrogen) atoms. The van der Waals surface area contributed by atoms with Gasteiger partial charge in [-0.05, 0) is 12.1 Å². The molecule has 4 heteroatoms. The quantitative estimate of drug-likeness (QED) is 0.607. The molecular formula is C6H9N3Pt. The van der Waals surface area contributed by atoms with Crippen LogP contribution in [0.3, 0.4) is 0 Å². The van der Waals surface area contributed by atoms with Gasteiger partial charge in [-0.3, -0.25) is 0 Å². The molecule has 0 spiro atoms. The zero-order valence-electron chi connectivity index (χ0n) is 5.28. The summed E-state index contributed by atoms with van der Waals surface area (Å²) in [6, 6.07) is 5.19. The van der Waals surface area contributed by atoms with Gasteiger partial charge >= 0.3 is 0 Å². The Hall–Kier alpha value is -0.692. The summed E-state index contributed by atoms with van der Waals surface area (Å²) in [7, 11) is 0. The second-order valence-electron chi connectivity index (χ2n) is 1.85. The third-order valence-electron chi connectivity index (χ3n) is 1.17. The van der Waals surface area contributed by atoms with E-state index in [2.05, 4.69) is 0 Å². The van der Waals surface area contributed by atoms with Gasteiger partial charge in [-0.25, -0.2) is 0 Å². The Balaban J connectivity index is 0.000000810. The first-order valence-corrected chi connectivity index (χ1v) is 2.61. The van der Waals surface area contributed by atoms with Crippen LogP contribution in [0.1, 0.15) is 0 Å². The van der Waals surface area contributed by atoms with Crippen molar-refractivity contribution < 1.29 is 21.1 Å². The average molecular weight is 318 g/mol. The van der Waals surface area contributed by atoms with E-state index >= 15 is 0 Å². The van der Waals surface area contributed by atoms with Crippen molar-refractivity contribution in [2.75, 3.05) is 17.2 Å². The first-order chi connectivity index (χ1) is 4.22. The van der Waals surface area contributed by atoms with Crippen LogP contribution < -0.4 is 17.2 Å². The topological polar surface area (TPSA) is 78.1 Å². The van der Waals surface area contributed by atoms with Gasteiger partial charge in [0.05, 0.1) is 17.1 Å². The van der Waals surface area contributed by atoms with Crippen LogP contribution >= 0.6 is 0 Å². The molecule has 58 valence electrons. The van der Waals surface area contributed by atoms with E-state index in [1.807, 2.05) is 0 Å². The van der Waals surface area contributed by atoms with Crippen molar-refractivity contribution in [3.8, 4) is 0 Å². The van der Waals surface area contributed by atoms with Crippen LogP contribution in [0.25, 0.3) is 0 Å². The standard InChI is InChI=1S/C6H9N3.Pt/c7-4-2-1-3-5(8)6(4)9;/h1-3H,7-9H2;. The van der Waals surface area contributed by atoms with E-state index < -0.39 is 0 Å². The van der Waals surface area contributed by atoms with Crippen molar-refractivity contribution in [2.24, 2.45) is 0 Å². The third kappa shape index (κ3) is 1.64. The van der Waals surface area contributed by atoms with Gasteiger partial charge in [-0.1, -0.05) is 6.07 Å². The number of nitrogens with two attached hydrogens (primary N) is 3. The predicted molar refractivity (Wildman–Crippen MR) is 39.7 cm³/mol. The third-order valence-corrected chi connectivity index (χ3v) is 1.17. The number of para-hydroxylation sites is 1. The smallest absolute Gasteiger partial charge is 0.0781 e. The van der Waals surface area contributed by atoms with Gasteiger partial charge < -0.3 is 17.2 Å². The number of benzene rings is 1. The van der Waals surface area contributed by atoms with Crippen LogP contribution in [-0.2, 0) is 21.1 Å². The molecule has 0 radical (unpaired) electrons. The summed E-state index contributed by atoms with van der Waals surface area (Å²) < 4.78 is 0. The molecule has 0 aliphatic carbocycles. The van der Waals surface area contributed by atoms with Gasteiger partial charge in [-0.2, -0.15) is 0 Å². The van der Waals surface area contributed by atoms with E-state index in [0.29, 0.717) is 17.1 Å². The van der Waals surface area contributed by atoms with E-state index in [-0.39, 0.29) is 21.1 Å². The summed E-state index contributed by atoms with van der Waals surface area (Å²) in [5.41, 5.74) is 17.8. The van der Waals surface area contributed by atoms with E-state index in [1.54, 1.807) is 18.2 Å². The van der Waals surface area contributed by atoms with Crippen LogP contribution in [-0.4, -0.2) is 0 Å². The van der Waals surface area contributed by atoms with Gasteiger partial charge in [0.15, 0.2) is 0 Å². The molecule has 0 aromatic heterocycles. The number of rotatable bonds is 0. The molecule has 1 aromatic carbocycles. The first kappa shape index (κ1) is 9.31. The normalized spacial score (nSPS) is 8.40. The van der Waals surface area contributed by atoms with E-state index in [0.717, 1.165) is 0 Å². The molecule has 0 bridgehead atoms. The second-order valence-corrected chi connectivity index (χ2v) is 1.85. The Kier molecular flexibility index (Phi) is 3.23. The maximum Gasteiger partial charge on any atom is 0.0781 e. The molecule has 0 amide bonds. The van der Waals surface area contributed by atoms with Gasteiger partial charge in [0, 0.05) is 21.1 Å². The van der Waals surface area contributed by atoms with E-state index in [9.17, 15) is 0 Å². The fourth-order valence-electron chi connectivity index (χ4n) is 0.602. The largest absolute Gasteiger partial charge is 0.397 e. The molecule has 0 saturated heterocycles. The Morgan fingerprint density at radius 2 is 1.30 bits per heavy atom. The van der Waals surface area contributed by atoms with Crippen molar-refractivity contribution in [1.29, 1.82) is 0 Å². The minimum atomic E-state index is 0. The van der Waals surface area contributed by atoms with Crippen LogP contribution in [0, 0.1) is 0 Å². The Morgan fingerprint density at radius 1 is 0.900 bits per heavy atom. The van der Waals surface area contributed by atoms with Gasteiger partial charge in [0.1, 0.15) is 0 Å². The first-order valence-electron chi connectivity index (χ1n) is 2.61. The monoisotopic (exact) mass is 318 g/mol. The molecule has 6 N–H and O–H groups in total. The molecule has 0 atom stereocenters. The fourth-order valence-corrected chi connectivity index (χ4v) is 0.602. The Bertz CT molecular complexity index is 204. The van der Waals surface area contributed by atoms with E-state index in [1.165, 1.54) is 0 Å². The van der Waals surface area contributed by atoms with Crippen LogP contribution in [0.15, 0.2) is 18.2 Å². The molecule has 1 rings (SSSR count). The molecule has 1 aromatic rings. The predicted octanol–water partition coefficient (Wildman–Crippen LogP) is 0.431. The summed E-state index contributed by atoms with van der Waals surface area (Å²) in [5.74, 6) is 0. The molecule has 0 unspecified atom stereocenters. The number of anilines is 3. The van der Waals surface area contributed by atoms with Gasteiger partial charge in [0.2, 0.25) is 0 Å². The maximum atomic E-state index is 5.43. The molecular weight excluding hydrogens is 309 g/mol. The fraction of sp³-hybridized carbons (Fsp3) is 0. The molecule has 0 fully saturated rings. The SMILES string of the molecule is Nc1cccc(N)c1N.[Pt]. The minimum absolute atomic E-state index is 0. The van der Waals surface area contributed by atoms with Crippen LogP contribution in [0.2, 0.25) is 0 Å². The number of hydrogen-bond acceptors (Lipinski definition) is 3. The van der Waals surface area contributed by atoms with Crippen LogP contribution in [0.4, 0.5) is 17.1 Å². The Morgan fingerprint density at radius 3 is 1.60 bits per heavy atom. The van der Waals surface area contributed by atoms with Crippen molar-refractivity contribution >= 4 is 17.1 Å². The maximum absolute atomic E-state index is 5.43. The van der Waals surface area contributed by atoms with Gasteiger partial charge in [-0.15, -0.1) is 0 Å². The van der Waals surface area contributed by atoms with Crippen molar-refractivity contribution in [3.63, 3.8) is 0 Å². The molecule has 0 aliphatic heterocycles. The summed E-state index contributed by atoms with van der Waals surface area (Å²) in [6.45, 7) is 0. The van der Waals surface area contributed by atoms with Crippen molar-refractivity contribution in [3.05, 3.63) is 18.2 Å². The summed E-state index contributed by atoms with van der Waals surface area (Å²) in [5, 5.41) is 0. The zero-order chi connectivity index (χ0) is 6.85. The number of nitrogen functional groups attached to an aromatic ring is 3. The molecule has 0 saturated carbocycles. The summed E-state index contributed by atoms with van der Waals surface area (Å²) >= 11 is 0. The molecule has 0 aliphatic rings. The van der Waals surface area contributed by atoms with Crippen molar-refractivity contribution in [1.82, 2.24) is 0 Å². The summed E-state index contributed by atoms with van der Waals surface area (Å²) in [4.78, 5) is 0. The molecule has 0 heterocycles. The van der Waals surface area contributed by atoms with E-state index in [4.69, 9.17) is 17.2 Å².